The third kappa shape index (κ3) is 3.81. The summed E-state index contributed by atoms with van der Waals surface area (Å²) < 4.78 is 6.47. The van der Waals surface area contributed by atoms with Crippen molar-refractivity contribution in [3.63, 3.8) is 0 Å². The first-order valence-corrected chi connectivity index (χ1v) is 14.7. The molecule has 0 saturated carbocycles. The fourth-order valence-electron chi connectivity index (χ4n) is 6.83. The van der Waals surface area contributed by atoms with Crippen molar-refractivity contribution < 1.29 is 4.74 Å². The summed E-state index contributed by atoms with van der Waals surface area (Å²) in [5.74, 6) is 2.10. The lowest BCUT2D eigenvalue weighted by molar-refractivity contribution is 0.436. The first-order chi connectivity index (χ1) is 21.7. The predicted molar refractivity (Wildman–Crippen MR) is 178 cm³/mol. The van der Waals surface area contributed by atoms with Gasteiger partial charge in [0.15, 0.2) is 0 Å². The molecule has 0 atom stereocenters. The molecule has 1 aliphatic carbocycles. The van der Waals surface area contributed by atoms with E-state index >= 15 is 0 Å². The number of amidine groups is 1. The Balaban J connectivity index is 1.37. The lowest BCUT2D eigenvalue weighted by Gasteiger charge is -2.39. The molecule has 1 spiro atoms. The molecule has 1 heterocycles. The molecule has 0 fully saturated rings. The largest absolute Gasteiger partial charge is 0.457 e. The zero-order chi connectivity index (χ0) is 29.7. The third-order valence-corrected chi connectivity index (χ3v) is 8.76. The highest BCUT2D eigenvalue weighted by Gasteiger charge is 2.51. The van der Waals surface area contributed by atoms with Crippen molar-refractivity contribution in [2.75, 3.05) is 0 Å². The van der Waals surface area contributed by atoms with Crippen LogP contribution in [0.25, 0.3) is 22.5 Å². The summed E-state index contributed by atoms with van der Waals surface area (Å²) >= 11 is 0. The highest BCUT2D eigenvalue weighted by Crippen LogP contribution is 2.61. The first-order valence-electron chi connectivity index (χ1n) is 14.7. The summed E-state index contributed by atoms with van der Waals surface area (Å²) in [7, 11) is 0. The van der Waals surface area contributed by atoms with E-state index in [0.717, 1.165) is 44.9 Å². The number of ether oxygens (including phenoxy) is 1. The Hall–Kier alpha value is -5.87. The van der Waals surface area contributed by atoms with Gasteiger partial charge >= 0.3 is 0 Å². The standard InChI is InChI=1S/C40H29N3O/c41-37(26-13-3-1-4-14-26)38(27-15-5-2-6-16-27)43-39(42)28-23-24-30-29-17-7-8-18-31(29)40(34(30)25-28)32-19-9-11-21-35(32)44-36-22-12-10-20-33(36)40/h1-25H,41H2,(H2,42,43)/b38-37-. The highest BCUT2D eigenvalue weighted by molar-refractivity contribution is 6.04. The van der Waals surface area contributed by atoms with Crippen LogP contribution in [0, 0.1) is 0 Å². The third-order valence-electron chi connectivity index (χ3n) is 8.76. The van der Waals surface area contributed by atoms with Gasteiger partial charge in [0.05, 0.1) is 16.8 Å². The fourth-order valence-corrected chi connectivity index (χ4v) is 6.83. The summed E-state index contributed by atoms with van der Waals surface area (Å²) in [6.45, 7) is 0. The maximum Gasteiger partial charge on any atom is 0.132 e. The van der Waals surface area contributed by atoms with Crippen LogP contribution >= 0.6 is 0 Å². The number of fused-ring (bicyclic) bond motifs is 9. The molecule has 2 aliphatic rings. The Labute approximate surface area is 256 Å². The second-order valence-corrected chi connectivity index (χ2v) is 11.1. The van der Waals surface area contributed by atoms with Crippen molar-refractivity contribution in [1.82, 2.24) is 0 Å². The average molecular weight is 568 g/mol. The van der Waals surface area contributed by atoms with Crippen molar-refractivity contribution in [3.8, 4) is 22.6 Å². The fraction of sp³-hybridized carbons (Fsp3) is 0.0250. The van der Waals surface area contributed by atoms with E-state index in [-0.39, 0.29) is 0 Å². The van der Waals surface area contributed by atoms with E-state index in [2.05, 4.69) is 78.9 Å². The number of hydrogen-bond donors (Lipinski definition) is 2. The zero-order valence-electron chi connectivity index (χ0n) is 23.9. The van der Waals surface area contributed by atoms with Gasteiger partial charge in [-0.05, 0) is 46.0 Å². The molecule has 4 heteroatoms. The molecular weight excluding hydrogens is 538 g/mol. The molecule has 0 bridgehead atoms. The van der Waals surface area contributed by atoms with Crippen LogP contribution in [0.1, 0.15) is 38.9 Å². The summed E-state index contributed by atoms with van der Waals surface area (Å²) in [5.41, 5.74) is 23.9. The van der Waals surface area contributed by atoms with Crippen molar-refractivity contribution >= 4 is 17.2 Å². The summed E-state index contributed by atoms with van der Waals surface area (Å²) in [6, 6.07) is 51.6. The van der Waals surface area contributed by atoms with Gasteiger partial charge in [-0.25, -0.2) is 4.99 Å². The van der Waals surface area contributed by atoms with Crippen molar-refractivity contribution in [2.24, 2.45) is 16.5 Å². The van der Waals surface area contributed by atoms with Crippen LogP contribution < -0.4 is 16.2 Å². The topological polar surface area (TPSA) is 73.6 Å². The zero-order valence-corrected chi connectivity index (χ0v) is 23.9. The Kier molecular flexibility index (Phi) is 5.95. The minimum Gasteiger partial charge on any atom is -0.457 e. The van der Waals surface area contributed by atoms with Gasteiger partial charge in [-0.3, -0.25) is 0 Å². The van der Waals surface area contributed by atoms with Crippen LogP contribution in [-0.4, -0.2) is 5.84 Å². The molecule has 0 radical (unpaired) electrons. The van der Waals surface area contributed by atoms with E-state index in [0.29, 0.717) is 17.2 Å². The van der Waals surface area contributed by atoms with Crippen LogP contribution in [0.3, 0.4) is 0 Å². The minimum absolute atomic E-state index is 0.394. The first kappa shape index (κ1) is 25.8. The summed E-state index contributed by atoms with van der Waals surface area (Å²) in [5, 5.41) is 0. The number of rotatable bonds is 4. The van der Waals surface area contributed by atoms with Crippen molar-refractivity contribution in [2.45, 2.75) is 5.41 Å². The molecule has 210 valence electrons. The molecule has 4 N–H and O–H groups in total. The van der Waals surface area contributed by atoms with E-state index in [1.54, 1.807) is 0 Å². The number of para-hydroxylation sites is 2. The molecule has 0 saturated heterocycles. The van der Waals surface area contributed by atoms with Crippen LogP contribution in [0.5, 0.6) is 11.5 Å². The van der Waals surface area contributed by atoms with Crippen LogP contribution in [0.15, 0.2) is 157 Å². The Morgan fingerprint density at radius 2 is 1.00 bits per heavy atom. The van der Waals surface area contributed by atoms with E-state index in [1.807, 2.05) is 72.8 Å². The second-order valence-electron chi connectivity index (χ2n) is 11.1. The predicted octanol–water partition coefficient (Wildman–Crippen LogP) is 8.35. The van der Waals surface area contributed by atoms with Gasteiger partial charge in [0.1, 0.15) is 17.3 Å². The van der Waals surface area contributed by atoms with Crippen molar-refractivity contribution in [1.29, 1.82) is 0 Å². The highest BCUT2D eigenvalue weighted by atomic mass is 16.5. The van der Waals surface area contributed by atoms with Gasteiger partial charge in [-0.2, -0.15) is 0 Å². The van der Waals surface area contributed by atoms with Gasteiger partial charge in [0, 0.05) is 22.3 Å². The van der Waals surface area contributed by atoms with Gasteiger partial charge in [0.2, 0.25) is 0 Å². The molecule has 44 heavy (non-hydrogen) atoms. The number of nitrogens with two attached hydrogens (primary N) is 2. The molecule has 0 unspecified atom stereocenters. The molecule has 8 rings (SSSR count). The molecule has 0 amide bonds. The molecule has 4 nitrogen and oxygen atoms in total. The molecular formula is C40H29N3O. The van der Waals surface area contributed by atoms with Gasteiger partial charge in [-0.15, -0.1) is 0 Å². The average Bonchev–Trinajstić information content (AvgIpc) is 3.38. The quantitative estimate of drug-likeness (QED) is 0.128. The number of nitrogens with zero attached hydrogens (tertiary/aromatic N) is 1. The lowest BCUT2D eigenvalue weighted by Crippen LogP contribution is -2.32. The maximum absolute atomic E-state index is 6.89. The summed E-state index contributed by atoms with van der Waals surface area (Å²) in [6.07, 6.45) is 0. The van der Waals surface area contributed by atoms with Crippen LogP contribution in [0.2, 0.25) is 0 Å². The smallest absolute Gasteiger partial charge is 0.132 e. The Morgan fingerprint density at radius 1 is 0.477 bits per heavy atom. The van der Waals surface area contributed by atoms with Crippen LogP contribution in [0.4, 0.5) is 0 Å². The normalized spacial score (nSPS) is 14.5. The minimum atomic E-state index is -0.575. The Bertz CT molecular complexity index is 2070. The molecule has 6 aromatic rings. The molecule has 0 aromatic heterocycles. The maximum atomic E-state index is 6.89. The number of aliphatic imine (C=N–C) groups is 1. The van der Waals surface area contributed by atoms with E-state index in [4.69, 9.17) is 21.2 Å². The van der Waals surface area contributed by atoms with E-state index in [9.17, 15) is 0 Å². The number of benzene rings is 6. The number of hydrogen-bond acceptors (Lipinski definition) is 3. The molecule has 6 aromatic carbocycles. The van der Waals surface area contributed by atoms with E-state index in [1.165, 1.54) is 16.7 Å². The van der Waals surface area contributed by atoms with Gasteiger partial charge in [-0.1, -0.05) is 133 Å². The summed E-state index contributed by atoms with van der Waals surface area (Å²) in [4.78, 5) is 5.01. The van der Waals surface area contributed by atoms with E-state index < -0.39 is 5.41 Å². The van der Waals surface area contributed by atoms with Gasteiger partial charge < -0.3 is 16.2 Å². The van der Waals surface area contributed by atoms with Gasteiger partial charge in [0.25, 0.3) is 0 Å². The molecule has 1 aliphatic heterocycles. The Morgan fingerprint density at radius 3 is 1.66 bits per heavy atom. The van der Waals surface area contributed by atoms with Crippen molar-refractivity contribution in [3.05, 3.63) is 191 Å². The van der Waals surface area contributed by atoms with Crippen LogP contribution in [-0.2, 0) is 5.41 Å². The monoisotopic (exact) mass is 567 g/mol. The lowest BCUT2D eigenvalue weighted by atomic mass is 9.66. The SMILES string of the molecule is N/C(=N\C(=C(/N)c1ccccc1)c1ccccc1)c1ccc2c(c1)C1(c3ccccc3Oc3ccccc31)c1ccccc1-2. The second kappa shape index (κ2) is 10.1.